The minimum Gasteiger partial charge on any atom is -0.481 e. The van der Waals surface area contributed by atoms with Crippen LogP contribution >= 0.6 is 0 Å². The number of nitrogens with one attached hydrogen (secondary N) is 1. The molecule has 0 atom stereocenters. The van der Waals surface area contributed by atoms with Gasteiger partial charge in [-0.1, -0.05) is 0 Å². The molecule has 0 radical (unpaired) electrons. The van der Waals surface area contributed by atoms with Gasteiger partial charge in [-0.25, -0.2) is 0 Å². The highest BCUT2D eigenvalue weighted by molar-refractivity contribution is 5.71. The number of hydrogen-bond donors (Lipinski definition) is 4. The van der Waals surface area contributed by atoms with Crippen LogP contribution in [0.15, 0.2) is 0 Å². The fraction of sp³-hybridized carbons (Fsp3) is 0.333. The van der Waals surface area contributed by atoms with E-state index in [-0.39, 0.29) is 11.4 Å². The third-order valence-corrected chi connectivity index (χ3v) is 0. The molecule has 6 heteroatoms. The van der Waals surface area contributed by atoms with Crippen LogP contribution in [0.2, 0.25) is 0 Å². The standard InChI is InChI=1S/C2H4O2.CH5N3.H2O/c1-2(3)4;2-1(3)4;/h1H3,(H,3,4);(H5,2,3,4);1H2. The second kappa shape index (κ2) is 9.85. The maximum atomic E-state index is 9.00. The summed E-state index contributed by atoms with van der Waals surface area (Å²) in [7, 11) is 0. The molecule has 0 heterocycles. The van der Waals surface area contributed by atoms with Crippen molar-refractivity contribution in [2.75, 3.05) is 0 Å². The van der Waals surface area contributed by atoms with Gasteiger partial charge in [0.25, 0.3) is 5.97 Å². The molecule has 56 valence electrons. The maximum absolute atomic E-state index is 9.00. The van der Waals surface area contributed by atoms with Crippen LogP contribution in [0.3, 0.4) is 0 Å². The van der Waals surface area contributed by atoms with E-state index in [1.165, 1.54) is 0 Å². The zero-order valence-corrected chi connectivity index (χ0v) is 5.01. The molecule has 0 unspecified atom stereocenters. The molecule has 0 rings (SSSR count). The number of carboxylic acid groups (broad SMARTS) is 1. The van der Waals surface area contributed by atoms with Gasteiger partial charge >= 0.3 is 0 Å². The molecule has 0 aliphatic carbocycles. The lowest BCUT2D eigenvalue weighted by Gasteiger charge is -1.69. The lowest BCUT2D eigenvalue weighted by atomic mass is 10.9. The Kier molecular flexibility index (Phi) is 17.1. The van der Waals surface area contributed by atoms with E-state index in [0.717, 1.165) is 6.92 Å². The molecule has 0 aliphatic rings. The van der Waals surface area contributed by atoms with Crippen molar-refractivity contribution < 1.29 is 15.4 Å². The molecule has 0 spiro atoms. The van der Waals surface area contributed by atoms with Gasteiger partial charge in [0.15, 0.2) is 5.96 Å². The van der Waals surface area contributed by atoms with Crippen LogP contribution < -0.4 is 11.5 Å². The Morgan fingerprint density at radius 3 is 1.56 bits per heavy atom. The molecule has 0 aromatic carbocycles. The average Bonchev–Trinajstić information content (AvgIpc) is 1.25. The monoisotopic (exact) mass is 137 g/mol. The second-order valence-corrected chi connectivity index (χ2v) is 0.974. The van der Waals surface area contributed by atoms with E-state index < -0.39 is 5.97 Å². The largest absolute Gasteiger partial charge is 0.481 e. The fourth-order valence-electron chi connectivity index (χ4n) is 0. The molecule has 0 aromatic heterocycles. The predicted molar refractivity (Wildman–Crippen MR) is 33.0 cm³/mol. The van der Waals surface area contributed by atoms with Crippen molar-refractivity contribution >= 4 is 11.9 Å². The van der Waals surface area contributed by atoms with Crippen molar-refractivity contribution in [2.45, 2.75) is 6.92 Å². The van der Waals surface area contributed by atoms with E-state index >= 15 is 0 Å². The molecular weight excluding hydrogens is 126 g/mol. The summed E-state index contributed by atoms with van der Waals surface area (Å²) in [5, 5.41) is 13.5. The Labute approximate surface area is 52.3 Å². The smallest absolute Gasteiger partial charge is 0.300 e. The Hall–Kier alpha value is -1.30. The van der Waals surface area contributed by atoms with Crippen LogP contribution in [0.4, 0.5) is 0 Å². The van der Waals surface area contributed by atoms with Crippen molar-refractivity contribution in [3.8, 4) is 0 Å². The van der Waals surface area contributed by atoms with E-state index in [1.54, 1.807) is 0 Å². The molecule has 0 bridgehead atoms. The summed E-state index contributed by atoms with van der Waals surface area (Å²) < 4.78 is 0. The number of rotatable bonds is 0. The summed E-state index contributed by atoms with van der Waals surface area (Å²) in [6, 6.07) is 0. The molecule has 0 saturated carbocycles. The lowest BCUT2D eigenvalue weighted by Crippen LogP contribution is -2.20. The quantitative estimate of drug-likeness (QED) is 0.228. The van der Waals surface area contributed by atoms with Gasteiger partial charge in [0.2, 0.25) is 0 Å². The molecule has 8 N–H and O–H groups in total. The lowest BCUT2D eigenvalue weighted by molar-refractivity contribution is -0.134. The van der Waals surface area contributed by atoms with Gasteiger partial charge < -0.3 is 22.1 Å². The van der Waals surface area contributed by atoms with Crippen molar-refractivity contribution in [3.63, 3.8) is 0 Å². The summed E-state index contributed by atoms with van der Waals surface area (Å²) in [6.07, 6.45) is 0. The number of guanidine groups is 1. The predicted octanol–water partition coefficient (Wildman–Crippen LogP) is -1.90. The Morgan fingerprint density at radius 1 is 1.56 bits per heavy atom. The average molecular weight is 137 g/mol. The molecule has 0 amide bonds. The molecule has 0 saturated heterocycles. The van der Waals surface area contributed by atoms with Crippen molar-refractivity contribution in [3.05, 3.63) is 0 Å². The molecule has 0 aromatic rings. The normalized spacial score (nSPS) is 5.44. The van der Waals surface area contributed by atoms with E-state index in [2.05, 4.69) is 11.5 Å². The Balaban J connectivity index is -0.0000000720. The van der Waals surface area contributed by atoms with Crippen LogP contribution in [-0.2, 0) is 4.79 Å². The van der Waals surface area contributed by atoms with Crippen molar-refractivity contribution in [1.29, 1.82) is 5.41 Å². The van der Waals surface area contributed by atoms with E-state index in [1.807, 2.05) is 0 Å². The molecule has 0 fully saturated rings. The summed E-state index contributed by atoms with van der Waals surface area (Å²) in [5.74, 6) is -1.17. The third-order valence-electron chi connectivity index (χ3n) is 0. The molecule has 9 heavy (non-hydrogen) atoms. The van der Waals surface area contributed by atoms with Gasteiger partial charge in [-0.05, 0) is 0 Å². The van der Waals surface area contributed by atoms with Crippen LogP contribution in [-0.4, -0.2) is 22.5 Å². The zero-order valence-electron chi connectivity index (χ0n) is 5.01. The number of hydrogen-bond acceptors (Lipinski definition) is 2. The van der Waals surface area contributed by atoms with Crippen molar-refractivity contribution in [1.82, 2.24) is 0 Å². The zero-order chi connectivity index (χ0) is 7.15. The maximum Gasteiger partial charge on any atom is 0.300 e. The van der Waals surface area contributed by atoms with Gasteiger partial charge in [-0.2, -0.15) is 0 Å². The Morgan fingerprint density at radius 2 is 1.56 bits per heavy atom. The van der Waals surface area contributed by atoms with Gasteiger partial charge in [0.05, 0.1) is 0 Å². The SMILES string of the molecule is CC(=O)O.N=C(N)N.O. The summed E-state index contributed by atoms with van der Waals surface area (Å²) in [5.41, 5.74) is 8.94. The van der Waals surface area contributed by atoms with Crippen molar-refractivity contribution in [2.24, 2.45) is 11.5 Å². The number of nitrogens with two attached hydrogens (primary N) is 2. The Bertz CT molecular complexity index is 72.3. The van der Waals surface area contributed by atoms with Crippen LogP contribution in [0.5, 0.6) is 0 Å². The highest BCUT2D eigenvalue weighted by Gasteiger charge is 1.65. The third kappa shape index (κ3) is 87.6. The topological polar surface area (TPSA) is 145 Å². The number of aliphatic carboxylic acids is 1. The summed E-state index contributed by atoms with van der Waals surface area (Å²) in [4.78, 5) is 9.00. The first-order valence-corrected chi connectivity index (χ1v) is 1.76. The molecule has 0 aliphatic heterocycles. The first-order valence-electron chi connectivity index (χ1n) is 1.76. The van der Waals surface area contributed by atoms with Crippen LogP contribution in [0.1, 0.15) is 6.92 Å². The second-order valence-electron chi connectivity index (χ2n) is 0.974. The minimum absolute atomic E-state index is 0. The molecule has 6 nitrogen and oxygen atoms in total. The van der Waals surface area contributed by atoms with Gasteiger partial charge in [-0.3, -0.25) is 10.2 Å². The first-order chi connectivity index (χ1) is 3.46. The van der Waals surface area contributed by atoms with E-state index in [0.29, 0.717) is 0 Å². The van der Waals surface area contributed by atoms with Gasteiger partial charge in [0.1, 0.15) is 0 Å². The van der Waals surface area contributed by atoms with E-state index in [9.17, 15) is 0 Å². The highest BCUT2D eigenvalue weighted by Crippen LogP contribution is 1.42. The molecular formula is C3H11N3O3. The first kappa shape index (κ1) is 15.6. The number of carbonyl (C=O) groups is 1. The van der Waals surface area contributed by atoms with Crippen LogP contribution in [0, 0.1) is 5.41 Å². The number of carboxylic acids is 1. The highest BCUT2D eigenvalue weighted by atomic mass is 16.4. The van der Waals surface area contributed by atoms with Crippen LogP contribution in [0.25, 0.3) is 0 Å². The fourth-order valence-corrected chi connectivity index (χ4v) is 0. The van der Waals surface area contributed by atoms with Gasteiger partial charge in [0, 0.05) is 6.92 Å². The summed E-state index contributed by atoms with van der Waals surface area (Å²) in [6.45, 7) is 1.08. The summed E-state index contributed by atoms with van der Waals surface area (Å²) >= 11 is 0. The minimum atomic E-state index is -0.833. The van der Waals surface area contributed by atoms with Gasteiger partial charge in [-0.15, -0.1) is 0 Å². The van der Waals surface area contributed by atoms with E-state index in [4.69, 9.17) is 15.3 Å².